The van der Waals surface area contributed by atoms with Crippen LogP contribution in [0.2, 0.25) is 0 Å². The van der Waals surface area contributed by atoms with Crippen LogP contribution in [0, 0.1) is 0 Å². The van der Waals surface area contributed by atoms with E-state index >= 15 is 0 Å². The van der Waals surface area contributed by atoms with Gasteiger partial charge in [0.1, 0.15) is 6.04 Å². The minimum absolute atomic E-state index is 0. The van der Waals surface area contributed by atoms with Crippen molar-refractivity contribution in [3.63, 3.8) is 0 Å². The number of halogens is 2. The first-order chi connectivity index (χ1) is 9.68. The van der Waals surface area contributed by atoms with Crippen LogP contribution in [0.5, 0.6) is 0 Å². The Kier molecular flexibility index (Phi) is 10.6. The molecule has 0 spiro atoms. The SMILES string of the molecule is COCC(N)C(=O)NCC1(N2CCCC2)CCOCC1.Cl.Cl. The van der Waals surface area contributed by atoms with Gasteiger partial charge in [-0.3, -0.25) is 9.69 Å². The van der Waals surface area contributed by atoms with E-state index in [4.69, 9.17) is 15.2 Å². The number of amides is 1. The van der Waals surface area contributed by atoms with Crippen LogP contribution in [-0.4, -0.2) is 69.0 Å². The molecular formula is C14H29Cl2N3O3. The highest BCUT2D eigenvalue weighted by molar-refractivity contribution is 5.85. The van der Waals surface area contributed by atoms with Crippen molar-refractivity contribution in [1.29, 1.82) is 0 Å². The van der Waals surface area contributed by atoms with Crippen molar-refractivity contribution in [1.82, 2.24) is 10.2 Å². The predicted octanol–water partition coefficient (Wildman–Crippen LogP) is 0.565. The number of nitrogens with two attached hydrogens (primary N) is 1. The van der Waals surface area contributed by atoms with Gasteiger partial charge in [-0.25, -0.2) is 0 Å². The van der Waals surface area contributed by atoms with Crippen LogP contribution in [0.1, 0.15) is 25.7 Å². The molecule has 2 aliphatic heterocycles. The Balaban J connectivity index is 0.00000220. The number of carbonyl (C=O) groups is 1. The number of likely N-dealkylation sites (tertiary alicyclic amines) is 1. The van der Waals surface area contributed by atoms with Gasteiger partial charge in [0.15, 0.2) is 0 Å². The zero-order chi connectivity index (χ0) is 14.4. The van der Waals surface area contributed by atoms with Gasteiger partial charge in [-0.15, -0.1) is 24.8 Å². The number of carbonyl (C=O) groups excluding carboxylic acids is 1. The van der Waals surface area contributed by atoms with Crippen LogP contribution in [0.25, 0.3) is 0 Å². The molecule has 2 fully saturated rings. The van der Waals surface area contributed by atoms with Gasteiger partial charge in [0.25, 0.3) is 0 Å². The Hall–Kier alpha value is -0.110. The van der Waals surface area contributed by atoms with Gasteiger partial charge in [-0.1, -0.05) is 0 Å². The Labute approximate surface area is 145 Å². The summed E-state index contributed by atoms with van der Waals surface area (Å²) in [4.78, 5) is 14.5. The second kappa shape index (κ2) is 10.6. The molecule has 2 rings (SSSR count). The zero-order valence-electron chi connectivity index (χ0n) is 13.2. The number of hydrogen-bond donors (Lipinski definition) is 2. The van der Waals surface area contributed by atoms with Gasteiger partial charge in [0.2, 0.25) is 5.91 Å². The smallest absolute Gasteiger partial charge is 0.239 e. The second-order valence-electron chi connectivity index (χ2n) is 5.81. The van der Waals surface area contributed by atoms with Gasteiger partial charge < -0.3 is 20.5 Å². The molecule has 1 atom stereocenters. The molecule has 22 heavy (non-hydrogen) atoms. The molecule has 3 N–H and O–H groups in total. The molecule has 1 unspecified atom stereocenters. The summed E-state index contributed by atoms with van der Waals surface area (Å²) in [6, 6.07) is -0.588. The van der Waals surface area contributed by atoms with Gasteiger partial charge in [-0.2, -0.15) is 0 Å². The van der Waals surface area contributed by atoms with Gasteiger partial charge in [0.05, 0.1) is 6.61 Å². The molecule has 1 amide bonds. The lowest BCUT2D eigenvalue weighted by Gasteiger charge is -2.44. The standard InChI is InChI=1S/C14H27N3O3.2ClH/c1-19-10-12(15)13(18)16-11-14(4-8-20-9-5-14)17-6-2-3-7-17;;/h12H,2-11,15H2,1H3,(H,16,18);2*1H. The molecule has 0 bridgehead atoms. The summed E-state index contributed by atoms with van der Waals surface area (Å²) < 4.78 is 10.4. The highest BCUT2D eigenvalue weighted by Gasteiger charge is 2.40. The monoisotopic (exact) mass is 357 g/mol. The summed E-state index contributed by atoms with van der Waals surface area (Å²) in [6.07, 6.45) is 4.46. The first kappa shape index (κ1) is 21.9. The number of methoxy groups -OCH3 is 1. The van der Waals surface area contributed by atoms with Crippen LogP contribution < -0.4 is 11.1 Å². The Morgan fingerprint density at radius 3 is 2.45 bits per heavy atom. The van der Waals surface area contributed by atoms with Crippen LogP contribution in [-0.2, 0) is 14.3 Å². The minimum atomic E-state index is -0.588. The van der Waals surface area contributed by atoms with Crippen molar-refractivity contribution in [3.05, 3.63) is 0 Å². The summed E-state index contributed by atoms with van der Waals surface area (Å²) >= 11 is 0. The number of hydrogen-bond acceptors (Lipinski definition) is 5. The molecule has 8 heteroatoms. The molecule has 0 radical (unpaired) electrons. The largest absolute Gasteiger partial charge is 0.383 e. The van der Waals surface area contributed by atoms with Gasteiger partial charge in [0, 0.05) is 32.4 Å². The molecule has 0 aromatic rings. The van der Waals surface area contributed by atoms with E-state index in [0.717, 1.165) is 39.1 Å². The third-order valence-corrected chi connectivity index (χ3v) is 4.48. The lowest BCUT2D eigenvalue weighted by Crippen LogP contribution is -2.59. The number of ether oxygens (including phenoxy) is 2. The first-order valence-corrected chi connectivity index (χ1v) is 7.53. The lowest BCUT2D eigenvalue weighted by atomic mass is 9.88. The maximum absolute atomic E-state index is 12.0. The summed E-state index contributed by atoms with van der Waals surface area (Å²) in [5.74, 6) is -0.128. The molecule has 2 saturated heterocycles. The third kappa shape index (κ3) is 5.51. The predicted molar refractivity (Wildman–Crippen MR) is 90.9 cm³/mol. The van der Waals surface area contributed by atoms with Crippen molar-refractivity contribution in [2.75, 3.05) is 46.6 Å². The molecule has 0 aromatic carbocycles. The summed E-state index contributed by atoms with van der Waals surface area (Å²) in [5, 5.41) is 3.01. The fraction of sp³-hybridized carbons (Fsp3) is 0.929. The molecule has 2 heterocycles. The molecule has 132 valence electrons. The average Bonchev–Trinajstić information content (AvgIpc) is 3.01. The van der Waals surface area contributed by atoms with E-state index in [9.17, 15) is 4.79 Å². The van der Waals surface area contributed by atoms with E-state index < -0.39 is 6.04 Å². The maximum Gasteiger partial charge on any atom is 0.239 e. The zero-order valence-corrected chi connectivity index (χ0v) is 14.8. The van der Waals surface area contributed by atoms with E-state index in [-0.39, 0.29) is 42.9 Å². The highest BCUT2D eigenvalue weighted by Crippen LogP contribution is 2.30. The molecule has 0 aromatic heterocycles. The van der Waals surface area contributed by atoms with Gasteiger partial charge >= 0.3 is 0 Å². The summed E-state index contributed by atoms with van der Waals surface area (Å²) in [6.45, 7) is 4.71. The van der Waals surface area contributed by atoms with Gasteiger partial charge in [-0.05, 0) is 38.8 Å². The van der Waals surface area contributed by atoms with Crippen molar-refractivity contribution >= 4 is 30.7 Å². The quantitative estimate of drug-likeness (QED) is 0.726. The average molecular weight is 358 g/mol. The molecule has 2 aliphatic rings. The molecule has 0 aliphatic carbocycles. The highest BCUT2D eigenvalue weighted by atomic mass is 35.5. The van der Waals surface area contributed by atoms with E-state index in [2.05, 4.69) is 10.2 Å². The third-order valence-electron chi connectivity index (χ3n) is 4.48. The van der Waals surface area contributed by atoms with Crippen LogP contribution in [0.15, 0.2) is 0 Å². The van der Waals surface area contributed by atoms with E-state index in [1.807, 2.05) is 0 Å². The minimum Gasteiger partial charge on any atom is -0.383 e. The van der Waals surface area contributed by atoms with Crippen LogP contribution in [0.3, 0.4) is 0 Å². The van der Waals surface area contributed by atoms with Crippen molar-refractivity contribution in [2.45, 2.75) is 37.3 Å². The van der Waals surface area contributed by atoms with E-state index in [1.165, 1.54) is 12.8 Å². The van der Waals surface area contributed by atoms with Crippen LogP contribution in [0.4, 0.5) is 0 Å². The molecule has 6 nitrogen and oxygen atoms in total. The summed E-state index contributed by atoms with van der Waals surface area (Å²) in [5.41, 5.74) is 5.82. The fourth-order valence-electron chi connectivity index (χ4n) is 3.19. The number of nitrogens with zero attached hydrogens (tertiary/aromatic N) is 1. The molecule has 0 saturated carbocycles. The van der Waals surface area contributed by atoms with Crippen LogP contribution >= 0.6 is 24.8 Å². The Bertz CT molecular complexity index is 322. The Morgan fingerprint density at radius 2 is 1.91 bits per heavy atom. The lowest BCUT2D eigenvalue weighted by molar-refractivity contribution is -0.124. The van der Waals surface area contributed by atoms with Crippen molar-refractivity contribution in [2.24, 2.45) is 5.73 Å². The number of nitrogens with one attached hydrogen (secondary N) is 1. The first-order valence-electron chi connectivity index (χ1n) is 7.53. The van der Waals surface area contributed by atoms with E-state index in [1.54, 1.807) is 7.11 Å². The Morgan fingerprint density at radius 1 is 1.32 bits per heavy atom. The summed E-state index contributed by atoms with van der Waals surface area (Å²) in [7, 11) is 1.55. The topological polar surface area (TPSA) is 76.8 Å². The molecular weight excluding hydrogens is 329 g/mol. The van der Waals surface area contributed by atoms with Crippen molar-refractivity contribution in [3.8, 4) is 0 Å². The normalized spacial score (nSPS) is 22.3. The number of rotatable bonds is 6. The fourth-order valence-corrected chi connectivity index (χ4v) is 3.19. The van der Waals surface area contributed by atoms with Crippen molar-refractivity contribution < 1.29 is 14.3 Å². The van der Waals surface area contributed by atoms with E-state index in [0.29, 0.717) is 6.54 Å². The maximum atomic E-state index is 12.0. The second-order valence-corrected chi connectivity index (χ2v) is 5.81.